The van der Waals surface area contributed by atoms with E-state index in [0.717, 1.165) is 5.69 Å². The molecule has 0 unspecified atom stereocenters. The number of sulfonamides is 1. The number of nitrogens with zero attached hydrogens (tertiary/aromatic N) is 1. The number of nitrogens with one attached hydrogen (secondary N) is 1. The summed E-state index contributed by atoms with van der Waals surface area (Å²) >= 11 is 10.3. The summed E-state index contributed by atoms with van der Waals surface area (Å²) in [5.41, 5.74) is 0.773. The molecule has 0 fully saturated rings. The lowest BCUT2D eigenvalue weighted by atomic mass is 10.4. The summed E-state index contributed by atoms with van der Waals surface area (Å²) in [5.74, 6) is 0. The Morgan fingerprint density at radius 1 is 1.44 bits per heavy atom. The van der Waals surface area contributed by atoms with Crippen LogP contribution in [0.5, 0.6) is 0 Å². The van der Waals surface area contributed by atoms with E-state index in [1.165, 1.54) is 29.5 Å². The number of rotatable bonds is 3. The van der Waals surface area contributed by atoms with Crippen molar-refractivity contribution in [3.8, 4) is 0 Å². The normalized spacial score (nSPS) is 11.5. The Hall–Kier alpha value is -0.630. The van der Waals surface area contributed by atoms with Gasteiger partial charge in [-0.1, -0.05) is 11.6 Å². The molecule has 1 aromatic heterocycles. The van der Waals surface area contributed by atoms with Crippen molar-refractivity contribution in [3.05, 3.63) is 38.8 Å². The van der Waals surface area contributed by atoms with Crippen LogP contribution in [0, 0.1) is 6.92 Å². The molecule has 0 amide bonds. The zero-order chi connectivity index (χ0) is 13.3. The lowest BCUT2D eigenvalue weighted by Crippen LogP contribution is -2.12. The highest BCUT2D eigenvalue weighted by Crippen LogP contribution is 2.27. The first-order chi connectivity index (χ1) is 8.38. The number of anilines is 1. The SMILES string of the molecule is Cc1csc(NS(=O)(=O)c2ccc(Cl)c(Br)c2)n1. The molecule has 8 heteroatoms. The van der Waals surface area contributed by atoms with Crippen molar-refractivity contribution in [1.82, 2.24) is 4.98 Å². The molecule has 0 aliphatic carbocycles. The van der Waals surface area contributed by atoms with Gasteiger partial charge >= 0.3 is 0 Å². The van der Waals surface area contributed by atoms with Crippen LogP contribution in [-0.2, 0) is 10.0 Å². The minimum absolute atomic E-state index is 0.131. The average Bonchev–Trinajstić information content (AvgIpc) is 2.67. The van der Waals surface area contributed by atoms with Crippen LogP contribution < -0.4 is 4.72 Å². The number of benzene rings is 1. The summed E-state index contributed by atoms with van der Waals surface area (Å²) in [5, 5.41) is 2.58. The molecule has 0 bridgehead atoms. The first kappa shape index (κ1) is 13.8. The summed E-state index contributed by atoms with van der Waals surface area (Å²) in [6.45, 7) is 1.80. The summed E-state index contributed by atoms with van der Waals surface area (Å²) in [7, 11) is -3.63. The minimum Gasteiger partial charge on any atom is -0.255 e. The van der Waals surface area contributed by atoms with Gasteiger partial charge in [0, 0.05) is 9.85 Å². The third kappa shape index (κ3) is 3.03. The van der Waals surface area contributed by atoms with E-state index in [2.05, 4.69) is 25.6 Å². The van der Waals surface area contributed by atoms with E-state index in [0.29, 0.717) is 14.6 Å². The van der Waals surface area contributed by atoms with Gasteiger partial charge in [-0.05, 0) is 41.1 Å². The molecular weight excluding hydrogens is 360 g/mol. The van der Waals surface area contributed by atoms with E-state index in [1.54, 1.807) is 12.3 Å². The lowest BCUT2D eigenvalue weighted by Gasteiger charge is -2.06. The number of hydrogen-bond donors (Lipinski definition) is 1. The Labute approximate surface area is 122 Å². The standard InChI is InChI=1S/C10H8BrClN2O2S2/c1-6-5-17-10(13-6)14-18(15,16)7-2-3-9(12)8(11)4-7/h2-5H,1H3,(H,13,14). The summed E-state index contributed by atoms with van der Waals surface area (Å²) in [6, 6.07) is 4.41. The molecule has 1 heterocycles. The predicted molar refractivity (Wildman–Crippen MR) is 76.8 cm³/mol. The maximum atomic E-state index is 12.1. The first-order valence-electron chi connectivity index (χ1n) is 4.78. The Bertz CT molecular complexity index is 685. The maximum absolute atomic E-state index is 12.1. The fourth-order valence-electron chi connectivity index (χ4n) is 1.22. The molecule has 0 saturated carbocycles. The van der Waals surface area contributed by atoms with E-state index in [1.807, 2.05) is 0 Å². The van der Waals surface area contributed by atoms with Crippen molar-refractivity contribution in [1.29, 1.82) is 0 Å². The molecule has 0 radical (unpaired) electrons. The van der Waals surface area contributed by atoms with E-state index in [-0.39, 0.29) is 4.90 Å². The molecule has 2 aromatic rings. The van der Waals surface area contributed by atoms with Crippen LogP contribution in [0.25, 0.3) is 0 Å². The number of aryl methyl sites for hydroxylation is 1. The second kappa shape index (κ2) is 5.16. The van der Waals surface area contributed by atoms with Crippen LogP contribution in [0.1, 0.15) is 5.69 Å². The molecular formula is C10H8BrClN2O2S2. The molecule has 1 N–H and O–H groups in total. The van der Waals surface area contributed by atoms with Gasteiger partial charge in [0.15, 0.2) is 5.13 Å². The van der Waals surface area contributed by atoms with Crippen LogP contribution in [0.3, 0.4) is 0 Å². The second-order valence-electron chi connectivity index (χ2n) is 3.48. The lowest BCUT2D eigenvalue weighted by molar-refractivity contribution is 0.601. The van der Waals surface area contributed by atoms with Gasteiger partial charge in [-0.25, -0.2) is 13.4 Å². The summed E-state index contributed by atoms with van der Waals surface area (Å²) in [4.78, 5) is 4.18. The van der Waals surface area contributed by atoms with Gasteiger partial charge in [-0.2, -0.15) is 0 Å². The molecule has 18 heavy (non-hydrogen) atoms. The van der Waals surface area contributed by atoms with Crippen LogP contribution in [0.15, 0.2) is 32.9 Å². The van der Waals surface area contributed by atoms with E-state index < -0.39 is 10.0 Å². The van der Waals surface area contributed by atoms with Crippen LogP contribution in [-0.4, -0.2) is 13.4 Å². The van der Waals surface area contributed by atoms with Gasteiger partial charge in [-0.15, -0.1) is 11.3 Å². The molecule has 0 atom stereocenters. The molecule has 0 spiro atoms. The highest BCUT2D eigenvalue weighted by Gasteiger charge is 2.16. The third-order valence-electron chi connectivity index (χ3n) is 2.04. The Kier molecular flexibility index (Phi) is 3.96. The van der Waals surface area contributed by atoms with E-state index in [9.17, 15) is 8.42 Å². The number of hydrogen-bond acceptors (Lipinski definition) is 4. The molecule has 4 nitrogen and oxygen atoms in total. The zero-order valence-electron chi connectivity index (χ0n) is 9.15. The van der Waals surface area contributed by atoms with Gasteiger partial charge in [-0.3, -0.25) is 4.72 Å². The second-order valence-corrected chi connectivity index (χ2v) is 7.28. The largest absolute Gasteiger partial charge is 0.263 e. The molecule has 2 rings (SSSR count). The Morgan fingerprint density at radius 3 is 2.72 bits per heavy atom. The number of halogens is 2. The topological polar surface area (TPSA) is 59.1 Å². The highest BCUT2D eigenvalue weighted by atomic mass is 79.9. The van der Waals surface area contributed by atoms with Gasteiger partial charge in [0.1, 0.15) is 0 Å². The van der Waals surface area contributed by atoms with Crippen molar-refractivity contribution in [2.24, 2.45) is 0 Å². The monoisotopic (exact) mass is 366 g/mol. The van der Waals surface area contributed by atoms with Crippen molar-refractivity contribution < 1.29 is 8.42 Å². The Balaban J connectivity index is 2.33. The van der Waals surface area contributed by atoms with Gasteiger partial charge in [0.25, 0.3) is 10.0 Å². The quantitative estimate of drug-likeness (QED) is 0.900. The molecule has 0 saturated heterocycles. The first-order valence-corrected chi connectivity index (χ1v) is 8.32. The fraction of sp³-hybridized carbons (Fsp3) is 0.100. The maximum Gasteiger partial charge on any atom is 0.263 e. The van der Waals surface area contributed by atoms with Crippen LogP contribution in [0.4, 0.5) is 5.13 Å². The zero-order valence-corrected chi connectivity index (χ0v) is 13.1. The summed E-state index contributed by atoms with van der Waals surface area (Å²) < 4.78 is 27.1. The van der Waals surface area contributed by atoms with Crippen molar-refractivity contribution in [2.75, 3.05) is 4.72 Å². The molecule has 0 aliphatic heterocycles. The van der Waals surface area contributed by atoms with Gasteiger partial charge < -0.3 is 0 Å². The van der Waals surface area contributed by atoms with Crippen molar-refractivity contribution in [3.63, 3.8) is 0 Å². The van der Waals surface area contributed by atoms with Crippen LogP contribution >= 0.6 is 38.9 Å². The highest BCUT2D eigenvalue weighted by molar-refractivity contribution is 9.10. The average molecular weight is 368 g/mol. The van der Waals surface area contributed by atoms with E-state index in [4.69, 9.17) is 11.6 Å². The molecule has 96 valence electrons. The fourth-order valence-corrected chi connectivity index (χ4v) is 3.83. The number of aromatic nitrogens is 1. The van der Waals surface area contributed by atoms with E-state index >= 15 is 0 Å². The van der Waals surface area contributed by atoms with Gasteiger partial charge in [0.2, 0.25) is 0 Å². The molecule has 0 aliphatic rings. The smallest absolute Gasteiger partial charge is 0.255 e. The van der Waals surface area contributed by atoms with Crippen LogP contribution in [0.2, 0.25) is 5.02 Å². The molecule has 1 aromatic carbocycles. The van der Waals surface area contributed by atoms with Crippen molar-refractivity contribution >= 4 is 54.0 Å². The van der Waals surface area contributed by atoms with Gasteiger partial charge in [0.05, 0.1) is 15.6 Å². The third-order valence-corrected chi connectivity index (χ3v) is 5.60. The predicted octanol–water partition coefficient (Wildman–Crippen LogP) is 3.67. The Morgan fingerprint density at radius 2 is 2.17 bits per heavy atom. The number of thiazole rings is 1. The van der Waals surface area contributed by atoms with Crippen molar-refractivity contribution in [2.45, 2.75) is 11.8 Å². The summed E-state index contributed by atoms with van der Waals surface area (Å²) in [6.07, 6.45) is 0. The minimum atomic E-state index is -3.63.